The first kappa shape index (κ1) is 12.4. The predicted octanol–water partition coefficient (Wildman–Crippen LogP) is 2.51. The second kappa shape index (κ2) is 4.68. The maximum absolute atomic E-state index is 12.7. The van der Waals surface area contributed by atoms with Gasteiger partial charge >= 0.3 is 6.18 Å². The topological polar surface area (TPSA) is 29.9 Å². The number of aromatic nitrogens is 2. The summed E-state index contributed by atoms with van der Waals surface area (Å²) in [5.41, 5.74) is 0. The van der Waals surface area contributed by atoms with E-state index in [1.807, 2.05) is 11.5 Å². The van der Waals surface area contributed by atoms with E-state index in [0.717, 1.165) is 6.54 Å². The Balaban J connectivity index is 2.12. The molecule has 1 aliphatic heterocycles. The lowest BCUT2D eigenvalue weighted by Crippen LogP contribution is -2.39. The molecule has 1 aliphatic rings. The Labute approximate surface area is 98.0 Å². The van der Waals surface area contributed by atoms with Gasteiger partial charge < -0.3 is 9.88 Å². The molecule has 0 amide bonds. The lowest BCUT2D eigenvalue weighted by molar-refractivity contribution is -0.183. The third kappa shape index (κ3) is 2.62. The molecule has 2 atom stereocenters. The number of hydrogen-bond donors (Lipinski definition) is 1. The predicted molar refractivity (Wildman–Crippen MR) is 57.4 cm³/mol. The van der Waals surface area contributed by atoms with Crippen LogP contribution in [0.2, 0.25) is 0 Å². The van der Waals surface area contributed by atoms with Crippen LogP contribution in [0.15, 0.2) is 12.4 Å². The molecule has 96 valence electrons. The number of aryl methyl sites for hydroxylation is 1. The molecule has 6 heteroatoms. The maximum Gasteiger partial charge on any atom is 0.391 e. The number of halogens is 3. The fourth-order valence-electron chi connectivity index (χ4n) is 2.31. The first-order chi connectivity index (χ1) is 8.02. The van der Waals surface area contributed by atoms with Crippen LogP contribution in [0.1, 0.15) is 31.6 Å². The Bertz CT molecular complexity index is 372. The van der Waals surface area contributed by atoms with Crippen molar-refractivity contribution in [2.75, 3.05) is 6.54 Å². The monoisotopic (exact) mass is 247 g/mol. The quantitative estimate of drug-likeness (QED) is 0.870. The summed E-state index contributed by atoms with van der Waals surface area (Å²) in [7, 11) is 0. The Hall–Kier alpha value is -1.04. The zero-order valence-electron chi connectivity index (χ0n) is 9.67. The molecule has 0 aromatic carbocycles. The molecule has 0 bridgehead atoms. The van der Waals surface area contributed by atoms with E-state index in [4.69, 9.17) is 0 Å². The highest BCUT2D eigenvalue weighted by Crippen LogP contribution is 2.37. The van der Waals surface area contributed by atoms with Crippen LogP contribution in [0.4, 0.5) is 13.2 Å². The van der Waals surface area contributed by atoms with Crippen LogP contribution in [0.25, 0.3) is 0 Å². The molecule has 17 heavy (non-hydrogen) atoms. The van der Waals surface area contributed by atoms with Crippen molar-refractivity contribution in [2.24, 2.45) is 5.92 Å². The summed E-state index contributed by atoms with van der Waals surface area (Å²) in [6, 6.07) is -0.287. The molecule has 1 fully saturated rings. The van der Waals surface area contributed by atoms with Crippen molar-refractivity contribution in [3.05, 3.63) is 18.2 Å². The molecule has 2 heterocycles. The third-order valence-corrected chi connectivity index (χ3v) is 3.27. The summed E-state index contributed by atoms with van der Waals surface area (Å²) in [6.07, 6.45) is -0.413. The highest BCUT2D eigenvalue weighted by Gasteiger charge is 2.43. The number of rotatable bonds is 2. The van der Waals surface area contributed by atoms with Gasteiger partial charge in [-0.3, -0.25) is 0 Å². The molecule has 2 unspecified atom stereocenters. The maximum atomic E-state index is 12.7. The summed E-state index contributed by atoms with van der Waals surface area (Å²) >= 11 is 0. The van der Waals surface area contributed by atoms with Gasteiger partial charge in [0.1, 0.15) is 5.82 Å². The number of nitrogens with zero attached hydrogens (tertiary/aromatic N) is 2. The summed E-state index contributed by atoms with van der Waals surface area (Å²) < 4.78 is 39.9. The lowest BCUT2D eigenvalue weighted by Gasteiger charge is -2.31. The van der Waals surface area contributed by atoms with Crippen LogP contribution >= 0.6 is 0 Å². The fourth-order valence-corrected chi connectivity index (χ4v) is 2.31. The summed E-state index contributed by atoms with van der Waals surface area (Å²) in [5, 5.41) is 3.11. The van der Waals surface area contributed by atoms with Crippen LogP contribution in [-0.2, 0) is 6.54 Å². The molecule has 1 saturated heterocycles. The average Bonchev–Trinajstić information content (AvgIpc) is 2.76. The number of nitrogens with one attached hydrogen (secondary N) is 1. The molecule has 0 radical (unpaired) electrons. The molecule has 0 saturated carbocycles. The fraction of sp³-hybridized carbons (Fsp3) is 0.727. The van der Waals surface area contributed by atoms with Crippen molar-refractivity contribution in [1.82, 2.24) is 14.9 Å². The number of piperidine rings is 1. The van der Waals surface area contributed by atoms with Crippen molar-refractivity contribution in [2.45, 2.75) is 38.5 Å². The highest BCUT2D eigenvalue weighted by molar-refractivity contribution is 5.02. The van der Waals surface area contributed by atoms with Crippen LogP contribution in [-0.4, -0.2) is 22.3 Å². The van der Waals surface area contributed by atoms with Crippen molar-refractivity contribution in [3.8, 4) is 0 Å². The second-order valence-corrected chi connectivity index (χ2v) is 4.34. The van der Waals surface area contributed by atoms with Crippen molar-refractivity contribution < 1.29 is 13.2 Å². The first-order valence-corrected chi connectivity index (χ1v) is 5.83. The normalized spacial score (nSPS) is 26.1. The van der Waals surface area contributed by atoms with Gasteiger partial charge in [0.05, 0.1) is 12.0 Å². The SMILES string of the molecule is CCn1ccnc1C1CC(C(F)(F)F)CCN1. The van der Waals surface area contributed by atoms with Crippen molar-refractivity contribution in [1.29, 1.82) is 0 Å². The minimum atomic E-state index is -4.09. The van der Waals surface area contributed by atoms with Crippen molar-refractivity contribution in [3.63, 3.8) is 0 Å². The lowest BCUT2D eigenvalue weighted by atomic mass is 9.91. The number of imidazole rings is 1. The molecule has 2 rings (SSSR count). The minimum Gasteiger partial charge on any atom is -0.334 e. The summed E-state index contributed by atoms with van der Waals surface area (Å²) in [6.45, 7) is 3.07. The van der Waals surface area contributed by atoms with E-state index in [2.05, 4.69) is 10.3 Å². The van der Waals surface area contributed by atoms with E-state index in [1.165, 1.54) is 0 Å². The van der Waals surface area contributed by atoms with Gasteiger partial charge in [0, 0.05) is 18.9 Å². The molecule has 1 aromatic heterocycles. The Morgan fingerprint density at radius 1 is 1.53 bits per heavy atom. The Kier molecular flexibility index (Phi) is 3.42. The largest absolute Gasteiger partial charge is 0.391 e. The standard InChI is InChI=1S/C11H16F3N3/c1-2-17-6-5-16-10(17)9-7-8(3-4-15-9)11(12,13)14/h5-6,8-9,15H,2-4,7H2,1H3. The van der Waals surface area contributed by atoms with Crippen molar-refractivity contribution >= 4 is 0 Å². The van der Waals surface area contributed by atoms with E-state index in [9.17, 15) is 13.2 Å². The van der Waals surface area contributed by atoms with Gasteiger partial charge in [-0.25, -0.2) is 4.98 Å². The summed E-state index contributed by atoms with van der Waals surface area (Å²) in [5.74, 6) is -0.503. The van der Waals surface area contributed by atoms with Gasteiger partial charge in [-0.2, -0.15) is 13.2 Å². The van der Waals surface area contributed by atoms with Crippen LogP contribution in [0, 0.1) is 5.92 Å². The van der Waals surface area contributed by atoms with Gasteiger partial charge in [-0.05, 0) is 26.3 Å². The van der Waals surface area contributed by atoms with E-state index >= 15 is 0 Å². The Morgan fingerprint density at radius 2 is 2.29 bits per heavy atom. The van der Waals surface area contributed by atoms with E-state index < -0.39 is 12.1 Å². The van der Waals surface area contributed by atoms with Gasteiger partial charge in [-0.1, -0.05) is 0 Å². The van der Waals surface area contributed by atoms with Gasteiger partial charge in [0.25, 0.3) is 0 Å². The van der Waals surface area contributed by atoms with Gasteiger partial charge in [0.2, 0.25) is 0 Å². The van der Waals surface area contributed by atoms with E-state index in [1.54, 1.807) is 12.4 Å². The zero-order valence-corrected chi connectivity index (χ0v) is 9.67. The number of alkyl halides is 3. The smallest absolute Gasteiger partial charge is 0.334 e. The summed E-state index contributed by atoms with van der Waals surface area (Å²) in [4.78, 5) is 4.16. The molecule has 0 aliphatic carbocycles. The molecule has 1 aromatic rings. The van der Waals surface area contributed by atoms with E-state index in [0.29, 0.717) is 12.4 Å². The molecular weight excluding hydrogens is 231 g/mol. The highest BCUT2D eigenvalue weighted by atomic mass is 19.4. The molecule has 3 nitrogen and oxygen atoms in total. The molecular formula is C11H16F3N3. The number of hydrogen-bond acceptors (Lipinski definition) is 2. The van der Waals surface area contributed by atoms with Crippen LogP contribution in [0.3, 0.4) is 0 Å². The van der Waals surface area contributed by atoms with Crippen LogP contribution < -0.4 is 5.32 Å². The van der Waals surface area contributed by atoms with E-state index in [-0.39, 0.29) is 18.9 Å². The average molecular weight is 247 g/mol. The van der Waals surface area contributed by atoms with Crippen LogP contribution in [0.5, 0.6) is 0 Å². The van der Waals surface area contributed by atoms with Gasteiger partial charge in [0.15, 0.2) is 0 Å². The zero-order chi connectivity index (χ0) is 12.5. The second-order valence-electron chi connectivity index (χ2n) is 4.34. The molecule has 1 N–H and O–H groups in total. The third-order valence-electron chi connectivity index (χ3n) is 3.27. The first-order valence-electron chi connectivity index (χ1n) is 5.83. The molecule has 0 spiro atoms. The Morgan fingerprint density at radius 3 is 2.94 bits per heavy atom. The van der Waals surface area contributed by atoms with Gasteiger partial charge in [-0.15, -0.1) is 0 Å². The minimum absolute atomic E-state index is 0.0838.